The third-order valence-electron chi connectivity index (χ3n) is 6.35. The van der Waals surface area contributed by atoms with Crippen LogP contribution in [0.25, 0.3) is 10.8 Å². The lowest BCUT2D eigenvalue weighted by Gasteiger charge is -2.19. The van der Waals surface area contributed by atoms with Crippen molar-refractivity contribution in [2.45, 2.75) is 44.4 Å². The largest absolute Gasteiger partial charge is 0.482 e. The summed E-state index contributed by atoms with van der Waals surface area (Å²) in [4.78, 5) is 10.6. The second kappa shape index (κ2) is 8.86. The highest BCUT2D eigenvalue weighted by atomic mass is 19.1. The average Bonchev–Trinajstić information content (AvgIpc) is 3.20. The van der Waals surface area contributed by atoms with E-state index >= 15 is 0 Å². The molecule has 1 N–H and O–H groups in total. The van der Waals surface area contributed by atoms with E-state index < -0.39 is 5.97 Å². The van der Waals surface area contributed by atoms with Gasteiger partial charge in [-0.1, -0.05) is 43.3 Å². The number of hydrogen-bond acceptors (Lipinski definition) is 2. The fourth-order valence-corrected chi connectivity index (χ4v) is 4.91. The molecule has 0 radical (unpaired) electrons. The first-order chi connectivity index (χ1) is 14.5. The number of ether oxygens (including phenoxy) is 1. The molecule has 4 heteroatoms. The zero-order chi connectivity index (χ0) is 21.1. The number of carbonyl (C=O) groups is 1. The van der Waals surface area contributed by atoms with Gasteiger partial charge in [-0.3, -0.25) is 0 Å². The molecular weight excluding hydrogens is 379 g/mol. The molecule has 1 saturated carbocycles. The fourth-order valence-electron chi connectivity index (χ4n) is 4.91. The van der Waals surface area contributed by atoms with E-state index in [9.17, 15) is 9.18 Å². The van der Waals surface area contributed by atoms with Crippen LogP contribution in [0.15, 0.2) is 60.7 Å². The van der Waals surface area contributed by atoms with Gasteiger partial charge in [0.25, 0.3) is 0 Å². The van der Waals surface area contributed by atoms with E-state index in [0.717, 1.165) is 17.2 Å². The molecule has 3 atom stereocenters. The van der Waals surface area contributed by atoms with Gasteiger partial charge in [0.05, 0.1) is 0 Å². The summed E-state index contributed by atoms with van der Waals surface area (Å²) in [5.41, 5.74) is 2.60. The Morgan fingerprint density at radius 2 is 1.93 bits per heavy atom. The SMILES string of the molecule is C[C@@H](CC1CCC(c2ccc(OCC(=O)O)cc2)C1)c1cccc2cc(F)ccc12. The average molecular weight is 406 g/mol. The molecular formula is C26H27FO3. The number of hydrogen-bond donors (Lipinski definition) is 1. The quantitative estimate of drug-likeness (QED) is 0.486. The summed E-state index contributed by atoms with van der Waals surface area (Å²) in [5, 5.41) is 10.8. The zero-order valence-corrected chi connectivity index (χ0v) is 17.2. The fraction of sp³-hybridized carbons (Fsp3) is 0.346. The molecule has 1 fully saturated rings. The molecule has 0 aromatic heterocycles. The molecule has 3 nitrogen and oxygen atoms in total. The molecule has 0 amide bonds. The minimum absolute atomic E-state index is 0.190. The third kappa shape index (κ3) is 4.64. The second-order valence-corrected chi connectivity index (χ2v) is 8.48. The Labute approximate surface area is 176 Å². The summed E-state index contributed by atoms with van der Waals surface area (Å²) >= 11 is 0. The van der Waals surface area contributed by atoms with Gasteiger partial charge >= 0.3 is 5.97 Å². The van der Waals surface area contributed by atoms with Gasteiger partial charge in [0.15, 0.2) is 6.61 Å². The lowest BCUT2D eigenvalue weighted by atomic mass is 9.86. The maximum Gasteiger partial charge on any atom is 0.341 e. The smallest absolute Gasteiger partial charge is 0.341 e. The van der Waals surface area contributed by atoms with Crippen LogP contribution in [-0.2, 0) is 4.79 Å². The minimum atomic E-state index is -0.969. The van der Waals surface area contributed by atoms with Crippen molar-refractivity contribution in [1.82, 2.24) is 0 Å². The molecule has 156 valence electrons. The van der Waals surface area contributed by atoms with E-state index in [4.69, 9.17) is 9.84 Å². The molecule has 3 aromatic carbocycles. The Morgan fingerprint density at radius 1 is 1.13 bits per heavy atom. The van der Waals surface area contributed by atoms with Crippen LogP contribution in [-0.4, -0.2) is 17.7 Å². The lowest BCUT2D eigenvalue weighted by Crippen LogP contribution is -2.09. The van der Waals surface area contributed by atoms with Crippen molar-refractivity contribution in [3.05, 3.63) is 77.6 Å². The lowest BCUT2D eigenvalue weighted by molar-refractivity contribution is -0.139. The number of aliphatic carboxylic acids is 1. The molecule has 4 rings (SSSR count). The summed E-state index contributed by atoms with van der Waals surface area (Å²) in [6.45, 7) is 1.96. The van der Waals surface area contributed by atoms with Gasteiger partial charge in [-0.25, -0.2) is 9.18 Å². The van der Waals surface area contributed by atoms with E-state index in [1.807, 2.05) is 30.3 Å². The van der Waals surface area contributed by atoms with Gasteiger partial charge in [-0.2, -0.15) is 0 Å². The van der Waals surface area contributed by atoms with Gasteiger partial charge in [0.1, 0.15) is 11.6 Å². The van der Waals surface area contributed by atoms with Gasteiger partial charge < -0.3 is 9.84 Å². The first-order valence-electron chi connectivity index (χ1n) is 10.6. The van der Waals surface area contributed by atoms with Crippen LogP contribution in [0.2, 0.25) is 0 Å². The molecule has 30 heavy (non-hydrogen) atoms. The van der Waals surface area contributed by atoms with Gasteiger partial charge in [-0.05, 0) is 89.6 Å². The Hall–Kier alpha value is -2.88. The Bertz CT molecular complexity index is 1030. The number of benzene rings is 3. The molecule has 3 aromatic rings. The second-order valence-electron chi connectivity index (χ2n) is 8.48. The van der Waals surface area contributed by atoms with E-state index in [1.165, 1.54) is 30.4 Å². The van der Waals surface area contributed by atoms with Crippen LogP contribution >= 0.6 is 0 Å². The summed E-state index contributed by atoms with van der Waals surface area (Å²) in [6.07, 6.45) is 4.69. The number of carboxylic acid groups (broad SMARTS) is 1. The van der Waals surface area contributed by atoms with E-state index in [0.29, 0.717) is 23.5 Å². The Kier molecular flexibility index (Phi) is 6.03. The first kappa shape index (κ1) is 20.4. The highest BCUT2D eigenvalue weighted by Crippen LogP contribution is 2.43. The predicted octanol–water partition coefficient (Wildman–Crippen LogP) is 6.52. The van der Waals surface area contributed by atoms with Crippen molar-refractivity contribution in [2.24, 2.45) is 5.92 Å². The van der Waals surface area contributed by atoms with Gasteiger partial charge in [0, 0.05) is 0 Å². The van der Waals surface area contributed by atoms with Gasteiger partial charge in [0.2, 0.25) is 0 Å². The molecule has 0 saturated heterocycles. The molecule has 2 unspecified atom stereocenters. The predicted molar refractivity (Wildman–Crippen MR) is 117 cm³/mol. The van der Waals surface area contributed by atoms with Crippen LogP contribution in [0.1, 0.15) is 55.6 Å². The number of halogens is 1. The topological polar surface area (TPSA) is 46.5 Å². The Balaban J connectivity index is 1.39. The molecule has 1 aliphatic rings. The standard InChI is InChI=1S/C26H27FO3/c1-17(24-4-2-3-21-15-22(27)9-12-25(21)24)13-18-5-6-20(14-18)19-7-10-23(11-8-19)30-16-26(28)29/h2-4,7-12,15,17-18,20H,5-6,13-14,16H2,1H3,(H,28,29)/t17-,18?,20?/m0/s1. The normalized spacial score (nSPS) is 19.7. The first-order valence-corrected chi connectivity index (χ1v) is 10.6. The highest BCUT2D eigenvalue weighted by molar-refractivity contribution is 5.86. The number of rotatable bonds is 7. The summed E-state index contributed by atoms with van der Waals surface area (Å²) in [5.74, 6) is 1.07. The van der Waals surface area contributed by atoms with Crippen molar-refractivity contribution >= 4 is 16.7 Å². The third-order valence-corrected chi connectivity index (χ3v) is 6.35. The summed E-state index contributed by atoms with van der Waals surface area (Å²) < 4.78 is 18.8. The number of carboxylic acids is 1. The minimum Gasteiger partial charge on any atom is -0.482 e. The van der Waals surface area contributed by atoms with Crippen molar-refractivity contribution < 1.29 is 19.0 Å². The Morgan fingerprint density at radius 3 is 2.70 bits per heavy atom. The maximum absolute atomic E-state index is 13.6. The highest BCUT2D eigenvalue weighted by Gasteiger charge is 2.27. The molecule has 0 bridgehead atoms. The van der Waals surface area contributed by atoms with Crippen LogP contribution < -0.4 is 4.74 Å². The van der Waals surface area contributed by atoms with Crippen molar-refractivity contribution in [3.8, 4) is 5.75 Å². The number of fused-ring (bicyclic) bond motifs is 1. The van der Waals surface area contributed by atoms with Crippen LogP contribution in [0.4, 0.5) is 4.39 Å². The van der Waals surface area contributed by atoms with E-state index in [2.05, 4.69) is 25.1 Å². The maximum atomic E-state index is 13.6. The van der Waals surface area contributed by atoms with Crippen molar-refractivity contribution in [3.63, 3.8) is 0 Å². The van der Waals surface area contributed by atoms with Crippen molar-refractivity contribution in [2.75, 3.05) is 6.61 Å². The molecule has 0 spiro atoms. The summed E-state index contributed by atoms with van der Waals surface area (Å²) in [6, 6.07) is 19.1. The molecule has 0 aliphatic heterocycles. The zero-order valence-electron chi connectivity index (χ0n) is 17.2. The monoisotopic (exact) mass is 406 g/mol. The molecule has 0 heterocycles. The van der Waals surface area contributed by atoms with Crippen molar-refractivity contribution in [1.29, 1.82) is 0 Å². The van der Waals surface area contributed by atoms with E-state index in [-0.39, 0.29) is 12.4 Å². The van der Waals surface area contributed by atoms with E-state index in [1.54, 1.807) is 12.1 Å². The summed E-state index contributed by atoms with van der Waals surface area (Å²) in [7, 11) is 0. The van der Waals surface area contributed by atoms with Crippen LogP contribution in [0.3, 0.4) is 0 Å². The molecule has 1 aliphatic carbocycles. The van der Waals surface area contributed by atoms with Crippen LogP contribution in [0, 0.1) is 11.7 Å². The van der Waals surface area contributed by atoms with Crippen LogP contribution in [0.5, 0.6) is 5.75 Å². The van der Waals surface area contributed by atoms with Gasteiger partial charge in [-0.15, -0.1) is 0 Å².